The number of carboxylic acids is 1. The summed E-state index contributed by atoms with van der Waals surface area (Å²) in [7, 11) is 0. The van der Waals surface area contributed by atoms with E-state index in [4.69, 9.17) is 9.84 Å². The third kappa shape index (κ3) is 5.03. The molecule has 0 aromatic heterocycles. The number of esters is 1. The van der Waals surface area contributed by atoms with E-state index >= 15 is 0 Å². The van der Waals surface area contributed by atoms with Crippen molar-refractivity contribution in [3.05, 3.63) is 35.4 Å². The standard InChI is InChI=1S/C16H22O4/c1-4-16(2,3)13-7-5-12(6-8-13)11-20-15(19)10-9-14(17)18/h5-8H,4,9-11H2,1-3H3,(H,17,18). The van der Waals surface area contributed by atoms with Crippen LogP contribution in [0.25, 0.3) is 0 Å². The molecule has 0 amide bonds. The second-order valence-corrected chi connectivity index (χ2v) is 5.49. The van der Waals surface area contributed by atoms with E-state index < -0.39 is 11.9 Å². The van der Waals surface area contributed by atoms with Crippen LogP contribution in [0.15, 0.2) is 24.3 Å². The molecular formula is C16H22O4. The van der Waals surface area contributed by atoms with Crippen molar-refractivity contribution < 1.29 is 19.4 Å². The lowest BCUT2D eigenvalue weighted by Crippen LogP contribution is -2.15. The van der Waals surface area contributed by atoms with Crippen LogP contribution in [-0.4, -0.2) is 17.0 Å². The summed E-state index contributed by atoms with van der Waals surface area (Å²) in [6.07, 6.45) is 0.773. The van der Waals surface area contributed by atoms with Crippen molar-refractivity contribution in [3.63, 3.8) is 0 Å². The summed E-state index contributed by atoms with van der Waals surface area (Å²) in [5.41, 5.74) is 2.29. The van der Waals surface area contributed by atoms with Crippen molar-refractivity contribution in [2.45, 2.75) is 52.1 Å². The van der Waals surface area contributed by atoms with Gasteiger partial charge in [0.05, 0.1) is 12.8 Å². The number of aliphatic carboxylic acids is 1. The molecular weight excluding hydrogens is 256 g/mol. The Morgan fingerprint density at radius 1 is 1.15 bits per heavy atom. The molecule has 0 spiro atoms. The van der Waals surface area contributed by atoms with Gasteiger partial charge in [-0.25, -0.2) is 0 Å². The van der Waals surface area contributed by atoms with Crippen LogP contribution < -0.4 is 0 Å². The molecule has 0 bridgehead atoms. The van der Waals surface area contributed by atoms with E-state index in [0.29, 0.717) is 0 Å². The molecule has 1 aromatic carbocycles. The molecule has 0 saturated heterocycles. The van der Waals surface area contributed by atoms with Crippen molar-refractivity contribution in [2.24, 2.45) is 0 Å². The van der Waals surface area contributed by atoms with Crippen molar-refractivity contribution >= 4 is 11.9 Å². The van der Waals surface area contributed by atoms with Crippen molar-refractivity contribution in [3.8, 4) is 0 Å². The molecule has 0 unspecified atom stereocenters. The summed E-state index contributed by atoms with van der Waals surface area (Å²) in [6.45, 7) is 6.71. The maximum Gasteiger partial charge on any atom is 0.306 e. The summed E-state index contributed by atoms with van der Waals surface area (Å²) in [5.74, 6) is -1.47. The molecule has 1 aromatic rings. The largest absolute Gasteiger partial charge is 0.481 e. The average Bonchev–Trinajstić information content (AvgIpc) is 2.43. The number of ether oxygens (including phenoxy) is 1. The van der Waals surface area contributed by atoms with E-state index in [1.165, 1.54) is 5.56 Å². The highest BCUT2D eigenvalue weighted by Gasteiger charge is 2.17. The van der Waals surface area contributed by atoms with Crippen molar-refractivity contribution in [1.29, 1.82) is 0 Å². The lowest BCUT2D eigenvalue weighted by atomic mass is 9.82. The average molecular weight is 278 g/mol. The van der Waals surface area contributed by atoms with Crippen LogP contribution in [0.1, 0.15) is 51.2 Å². The van der Waals surface area contributed by atoms with Crippen LogP contribution in [0.2, 0.25) is 0 Å². The first kappa shape index (κ1) is 16.2. The topological polar surface area (TPSA) is 63.6 Å². The first-order valence-electron chi connectivity index (χ1n) is 6.82. The van der Waals surface area contributed by atoms with Crippen molar-refractivity contribution in [2.75, 3.05) is 0 Å². The molecule has 20 heavy (non-hydrogen) atoms. The molecule has 110 valence electrons. The van der Waals surface area contributed by atoms with Crippen LogP contribution in [0.4, 0.5) is 0 Å². The first-order chi connectivity index (χ1) is 9.35. The molecule has 0 atom stereocenters. The minimum Gasteiger partial charge on any atom is -0.481 e. The van der Waals surface area contributed by atoms with Crippen LogP contribution in [0.3, 0.4) is 0 Å². The number of hydrogen-bond donors (Lipinski definition) is 1. The van der Waals surface area contributed by atoms with Gasteiger partial charge in [-0.15, -0.1) is 0 Å². The van der Waals surface area contributed by atoms with E-state index in [0.717, 1.165) is 12.0 Å². The van der Waals surface area contributed by atoms with Gasteiger partial charge >= 0.3 is 11.9 Å². The van der Waals surface area contributed by atoms with Crippen LogP contribution in [0.5, 0.6) is 0 Å². The monoisotopic (exact) mass is 278 g/mol. The number of hydrogen-bond acceptors (Lipinski definition) is 3. The fourth-order valence-corrected chi connectivity index (χ4v) is 1.70. The number of rotatable bonds is 7. The third-order valence-electron chi connectivity index (χ3n) is 3.56. The molecule has 1 rings (SSSR count). The Morgan fingerprint density at radius 3 is 2.25 bits per heavy atom. The van der Waals surface area contributed by atoms with Gasteiger partial charge in [0.1, 0.15) is 6.61 Å². The second-order valence-electron chi connectivity index (χ2n) is 5.49. The highest BCUT2D eigenvalue weighted by molar-refractivity contribution is 5.76. The number of carboxylic acid groups (broad SMARTS) is 1. The quantitative estimate of drug-likeness (QED) is 0.777. The van der Waals surface area contributed by atoms with Gasteiger partial charge in [0, 0.05) is 0 Å². The van der Waals surface area contributed by atoms with E-state index in [9.17, 15) is 9.59 Å². The Balaban J connectivity index is 2.50. The van der Waals surface area contributed by atoms with E-state index in [1.54, 1.807) is 0 Å². The van der Waals surface area contributed by atoms with Gasteiger partial charge in [-0.2, -0.15) is 0 Å². The van der Waals surface area contributed by atoms with Gasteiger partial charge in [0.15, 0.2) is 0 Å². The molecule has 0 heterocycles. The summed E-state index contributed by atoms with van der Waals surface area (Å²) in [6, 6.07) is 7.97. The van der Waals surface area contributed by atoms with E-state index in [2.05, 4.69) is 20.8 Å². The summed E-state index contributed by atoms with van der Waals surface area (Å²) < 4.78 is 5.03. The predicted molar refractivity (Wildman–Crippen MR) is 76.4 cm³/mol. The third-order valence-corrected chi connectivity index (χ3v) is 3.56. The minimum atomic E-state index is -0.993. The lowest BCUT2D eigenvalue weighted by Gasteiger charge is -2.23. The normalized spacial score (nSPS) is 11.2. The first-order valence-corrected chi connectivity index (χ1v) is 6.82. The number of carbonyl (C=O) groups excluding carboxylic acids is 1. The van der Waals surface area contributed by atoms with E-state index in [1.807, 2.05) is 24.3 Å². The Labute approximate surface area is 119 Å². The molecule has 0 saturated carbocycles. The van der Waals surface area contributed by atoms with Gasteiger partial charge in [-0.05, 0) is 23.0 Å². The highest BCUT2D eigenvalue weighted by atomic mass is 16.5. The predicted octanol–water partition coefficient (Wildman–Crippen LogP) is 3.28. The Morgan fingerprint density at radius 2 is 1.75 bits per heavy atom. The maximum atomic E-state index is 11.3. The highest BCUT2D eigenvalue weighted by Crippen LogP contribution is 2.26. The van der Waals surface area contributed by atoms with Gasteiger partial charge in [0.2, 0.25) is 0 Å². The second kappa shape index (κ2) is 7.08. The fourth-order valence-electron chi connectivity index (χ4n) is 1.70. The Hall–Kier alpha value is -1.84. The Bertz CT molecular complexity index is 460. The fraction of sp³-hybridized carbons (Fsp3) is 0.500. The van der Waals surface area contributed by atoms with Crippen LogP contribution in [-0.2, 0) is 26.3 Å². The lowest BCUT2D eigenvalue weighted by molar-refractivity contribution is -0.148. The summed E-state index contributed by atoms with van der Waals surface area (Å²) >= 11 is 0. The van der Waals surface area contributed by atoms with E-state index in [-0.39, 0.29) is 24.9 Å². The van der Waals surface area contributed by atoms with Gasteiger partial charge in [0.25, 0.3) is 0 Å². The Kier molecular flexibility index (Phi) is 5.74. The molecule has 4 heteroatoms. The maximum absolute atomic E-state index is 11.3. The van der Waals surface area contributed by atoms with Gasteiger partial charge < -0.3 is 9.84 Å². The number of benzene rings is 1. The van der Waals surface area contributed by atoms with Gasteiger partial charge in [-0.1, -0.05) is 45.0 Å². The van der Waals surface area contributed by atoms with Gasteiger partial charge in [-0.3, -0.25) is 9.59 Å². The summed E-state index contributed by atoms with van der Waals surface area (Å²) in [5, 5.41) is 8.47. The molecule has 0 fully saturated rings. The summed E-state index contributed by atoms with van der Waals surface area (Å²) in [4.78, 5) is 21.6. The molecule has 1 N–H and O–H groups in total. The minimum absolute atomic E-state index is 0.0870. The molecule has 0 radical (unpaired) electrons. The zero-order valence-corrected chi connectivity index (χ0v) is 12.3. The molecule has 0 aliphatic rings. The zero-order valence-electron chi connectivity index (χ0n) is 12.3. The zero-order chi connectivity index (χ0) is 15.2. The van der Waals surface area contributed by atoms with Crippen molar-refractivity contribution in [1.82, 2.24) is 0 Å². The molecule has 0 aliphatic carbocycles. The number of carbonyl (C=O) groups is 2. The van der Waals surface area contributed by atoms with Crippen LogP contribution >= 0.6 is 0 Å². The SMILES string of the molecule is CCC(C)(C)c1ccc(COC(=O)CCC(=O)O)cc1. The molecule has 4 nitrogen and oxygen atoms in total. The smallest absolute Gasteiger partial charge is 0.306 e. The van der Waals surface area contributed by atoms with Crippen LogP contribution in [0, 0.1) is 0 Å². The molecule has 0 aliphatic heterocycles.